The second kappa shape index (κ2) is 8.70. The molecule has 0 radical (unpaired) electrons. The summed E-state index contributed by atoms with van der Waals surface area (Å²) >= 11 is 0. The van der Waals surface area contributed by atoms with Gasteiger partial charge in [0.15, 0.2) is 0 Å². The maximum Gasteiger partial charge on any atom is 0.241 e. The predicted molar refractivity (Wildman–Crippen MR) is 122 cm³/mol. The molecule has 1 N–H and O–H groups in total. The zero-order chi connectivity index (χ0) is 21.0. The predicted octanol–water partition coefficient (Wildman–Crippen LogP) is 4.41. The van der Waals surface area contributed by atoms with Crippen LogP contribution in [-0.4, -0.2) is 38.2 Å². The number of benzene rings is 2. The van der Waals surface area contributed by atoms with E-state index in [1.165, 1.54) is 5.56 Å². The van der Waals surface area contributed by atoms with Crippen LogP contribution in [0, 0.1) is 0 Å². The smallest absolute Gasteiger partial charge is 0.241 e. The molecule has 0 bridgehead atoms. The summed E-state index contributed by atoms with van der Waals surface area (Å²) in [4.78, 5) is 19.9. The molecule has 1 aliphatic rings. The molecule has 0 saturated carbocycles. The van der Waals surface area contributed by atoms with Crippen LogP contribution in [0.3, 0.4) is 0 Å². The molecule has 156 valence electrons. The van der Waals surface area contributed by atoms with Gasteiger partial charge in [-0.3, -0.25) is 14.7 Å². The number of hydrogen-bond donors (Lipinski definition) is 1. The molecule has 0 spiro atoms. The number of rotatable bonds is 5. The lowest BCUT2D eigenvalue weighted by Gasteiger charge is -2.35. The first-order valence-corrected chi connectivity index (χ1v) is 10.8. The van der Waals surface area contributed by atoms with Gasteiger partial charge in [-0.2, -0.15) is 5.10 Å². The van der Waals surface area contributed by atoms with Crippen molar-refractivity contribution in [3.63, 3.8) is 0 Å². The van der Waals surface area contributed by atoms with Gasteiger partial charge in [-0.15, -0.1) is 0 Å². The molecular weight excluding hydrogens is 386 g/mol. The zero-order valence-corrected chi connectivity index (χ0v) is 17.3. The third-order valence-corrected chi connectivity index (χ3v) is 5.93. The number of anilines is 1. The minimum absolute atomic E-state index is 0.0601. The molecule has 2 aromatic carbocycles. The maximum atomic E-state index is 13.2. The van der Waals surface area contributed by atoms with E-state index in [0.29, 0.717) is 0 Å². The van der Waals surface area contributed by atoms with Crippen molar-refractivity contribution in [1.29, 1.82) is 0 Å². The molecule has 2 aromatic heterocycles. The van der Waals surface area contributed by atoms with E-state index >= 15 is 0 Å². The molecule has 1 aliphatic heterocycles. The fraction of sp³-hybridized carbons (Fsp3) is 0.240. The zero-order valence-electron chi connectivity index (χ0n) is 17.3. The van der Waals surface area contributed by atoms with Crippen molar-refractivity contribution < 1.29 is 4.79 Å². The molecule has 6 heteroatoms. The molecule has 1 atom stereocenters. The van der Waals surface area contributed by atoms with Crippen molar-refractivity contribution in [2.24, 2.45) is 0 Å². The van der Waals surface area contributed by atoms with Crippen LogP contribution in [0.15, 0.2) is 79.3 Å². The number of nitrogens with zero attached hydrogens (tertiary/aromatic N) is 4. The van der Waals surface area contributed by atoms with E-state index in [-0.39, 0.29) is 11.9 Å². The van der Waals surface area contributed by atoms with Crippen LogP contribution in [0.5, 0.6) is 0 Å². The summed E-state index contributed by atoms with van der Waals surface area (Å²) in [5, 5.41) is 8.51. The third kappa shape index (κ3) is 4.20. The van der Waals surface area contributed by atoms with Crippen molar-refractivity contribution in [2.75, 3.05) is 11.9 Å². The number of fused-ring (bicyclic) bond motifs is 1. The lowest BCUT2D eigenvalue weighted by atomic mass is 9.99. The number of nitrogens with one attached hydrogen (secondary N) is 1. The molecule has 3 heterocycles. The number of pyridine rings is 1. The first kappa shape index (κ1) is 19.5. The normalized spacial score (nSPS) is 17.0. The average Bonchev–Trinajstić information content (AvgIpc) is 3.35. The molecule has 31 heavy (non-hydrogen) atoms. The van der Waals surface area contributed by atoms with Gasteiger partial charge in [-0.05, 0) is 67.4 Å². The van der Waals surface area contributed by atoms with Gasteiger partial charge in [0, 0.05) is 36.2 Å². The van der Waals surface area contributed by atoms with E-state index in [2.05, 4.69) is 32.4 Å². The number of carbonyl (C=O) groups excluding carboxylic acids is 1. The summed E-state index contributed by atoms with van der Waals surface area (Å²) in [5.74, 6) is 0.0601. The Morgan fingerprint density at radius 1 is 1.00 bits per heavy atom. The quantitative estimate of drug-likeness (QED) is 0.528. The lowest BCUT2D eigenvalue weighted by Crippen LogP contribution is -2.46. The summed E-state index contributed by atoms with van der Waals surface area (Å²) < 4.78 is 1.80. The Balaban J connectivity index is 1.31. The molecular formula is C25H25N5O. The molecule has 5 rings (SSSR count). The van der Waals surface area contributed by atoms with Gasteiger partial charge in [-0.25, -0.2) is 4.68 Å². The van der Waals surface area contributed by atoms with Crippen molar-refractivity contribution in [1.82, 2.24) is 19.7 Å². The first-order valence-electron chi connectivity index (χ1n) is 10.8. The van der Waals surface area contributed by atoms with Crippen LogP contribution in [0.2, 0.25) is 0 Å². The number of aromatic nitrogens is 3. The Labute approximate surface area is 181 Å². The monoisotopic (exact) mass is 411 g/mol. The fourth-order valence-electron chi connectivity index (χ4n) is 4.35. The number of carbonyl (C=O) groups is 1. The minimum Gasteiger partial charge on any atom is -0.325 e. The van der Waals surface area contributed by atoms with Crippen molar-refractivity contribution in [3.05, 3.63) is 84.8 Å². The largest absolute Gasteiger partial charge is 0.325 e. The summed E-state index contributed by atoms with van der Waals surface area (Å²) in [6, 6.07) is 19.8. The van der Waals surface area contributed by atoms with Gasteiger partial charge in [-0.1, -0.05) is 24.6 Å². The fourth-order valence-corrected chi connectivity index (χ4v) is 4.35. The van der Waals surface area contributed by atoms with Gasteiger partial charge >= 0.3 is 0 Å². The van der Waals surface area contributed by atoms with Gasteiger partial charge in [0.05, 0.1) is 17.2 Å². The summed E-state index contributed by atoms with van der Waals surface area (Å²) in [7, 11) is 0. The van der Waals surface area contributed by atoms with E-state index in [0.717, 1.165) is 54.6 Å². The second-order valence-electron chi connectivity index (χ2n) is 7.96. The molecule has 1 fully saturated rings. The lowest BCUT2D eigenvalue weighted by molar-refractivity contribution is -0.122. The van der Waals surface area contributed by atoms with E-state index in [1.54, 1.807) is 10.9 Å². The Bertz CT molecular complexity index is 1160. The average molecular weight is 412 g/mol. The highest BCUT2D eigenvalue weighted by molar-refractivity contribution is 5.95. The number of likely N-dealkylation sites (tertiary alicyclic amines) is 1. The number of piperidine rings is 1. The van der Waals surface area contributed by atoms with Gasteiger partial charge in [0.25, 0.3) is 0 Å². The number of amides is 1. The van der Waals surface area contributed by atoms with Crippen molar-refractivity contribution >= 4 is 22.5 Å². The topological polar surface area (TPSA) is 63.1 Å². The molecule has 4 aromatic rings. The SMILES string of the molecule is O=C(Nc1ccc(-n2cccn2)cc1)[C@H]1CCCCN1Cc1cccc2ncccc12. The Morgan fingerprint density at radius 2 is 1.90 bits per heavy atom. The molecule has 0 aliphatic carbocycles. The highest BCUT2D eigenvalue weighted by Crippen LogP contribution is 2.24. The van der Waals surface area contributed by atoms with Gasteiger partial charge < -0.3 is 5.32 Å². The van der Waals surface area contributed by atoms with E-state index < -0.39 is 0 Å². The molecule has 1 saturated heterocycles. The summed E-state index contributed by atoms with van der Waals surface area (Å²) in [6.45, 7) is 1.67. The summed E-state index contributed by atoms with van der Waals surface area (Å²) in [6.07, 6.45) is 8.53. The second-order valence-corrected chi connectivity index (χ2v) is 7.96. The standard InChI is InChI=1S/C25H25N5O/c31-25(28-20-10-12-21(13-11-20)30-17-5-15-27-30)24-9-1-2-16-29(24)18-19-6-3-8-23-22(19)7-4-14-26-23/h3-8,10-15,17,24H,1-2,9,16,18H2,(H,28,31)/t24-/m1/s1. The van der Waals surface area contributed by atoms with Gasteiger partial charge in [0.1, 0.15) is 0 Å². The van der Waals surface area contributed by atoms with E-state index in [1.807, 2.05) is 60.9 Å². The van der Waals surface area contributed by atoms with Gasteiger partial charge in [0.2, 0.25) is 5.91 Å². The summed E-state index contributed by atoms with van der Waals surface area (Å²) in [5.41, 5.74) is 3.98. The number of hydrogen-bond acceptors (Lipinski definition) is 4. The van der Waals surface area contributed by atoms with Crippen LogP contribution < -0.4 is 5.32 Å². The molecule has 0 unspecified atom stereocenters. The Hall–Kier alpha value is -3.51. The van der Waals surface area contributed by atoms with Crippen molar-refractivity contribution in [3.8, 4) is 5.69 Å². The van der Waals surface area contributed by atoms with Crippen LogP contribution in [0.4, 0.5) is 5.69 Å². The van der Waals surface area contributed by atoms with E-state index in [9.17, 15) is 4.79 Å². The highest BCUT2D eigenvalue weighted by Gasteiger charge is 2.29. The van der Waals surface area contributed by atoms with Crippen LogP contribution in [-0.2, 0) is 11.3 Å². The Morgan fingerprint density at radius 3 is 2.74 bits per heavy atom. The van der Waals surface area contributed by atoms with E-state index in [4.69, 9.17) is 0 Å². The van der Waals surface area contributed by atoms with Crippen LogP contribution in [0.25, 0.3) is 16.6 Å². The van der Waals surface area contributed by atoms with Crippen molar-refractivity contribution in [2.45, 2.75) is 31.8 Å². The molecule has 6 nitrogen and oxygen atoms in total. The maximum absolute atomic E-state index is 13.2. The van der Waals surface area contributed by atoms with Crippen LogP contribution >= 0.6 is 0 Å². The molecule has 1 amide bonds. The Kier molecular flexibility index (Phi) is 5.46. The highest BCUT2D eigenvalue weighted by atomic mass is 16.2. The first-order chi connectivity index (χ1) is 15.3. The van der Waals surface area contributed by atoms with Crippen LogP contribution in [0.1, 0.15) is 24.8 Å². The minimum atomic E-state index is -0.133. The third-order valence-electron chi connectivity index (χ3n) is 5.93.